The van der Waals surface area contributed by atoms with Crippen LogP contribution in [0.4, 0.5) is 5.69 Å². The highest BCUT2D eigenvalue weighted by atomic mass is 35.5. The minimum Gasteiger partial charge on any atom is -0.244 e. The van der Waals surface area contributed by atoms with Crippen LogP contribution in [0.3, 0.4) is 0 Å². The number of benzene rings is 2. The fourth-order valence-electron chi connectivity index (χ4n) is 3.67. The maximum absolute atomic E-state index is 7.49. The molecule has 4 rings (SSSR count). The Morgan fingerprint density at radius 1 is 1.09 bits per heavy atom. The largest absolute Gasteiger partial charge is 0.244 e. The third-order valence-corrected chi connectivity index (χ3v) is 8.48. The Morgan fingerprint density at radius 3 is 2.68 bits per heavy atom. The molecule has 0 radical (unpaired) electrons. The van der Waals surface area contributed by atoms with Gasteiger partial charge in [-0.25, -0.2) is 9.83 Å². The summed E-state index contributed by atoms with van der Waals surface area (Å²) in [5.74, 6) is 0. The van der Waals surface area contributed by atoms with Gasteiger partial charge in [-0.3, -0.25) is 0 Å². The third kappa shape index (κ3) is 1.57. The lowest BCUT2D eigenvalue weighted by Gasteiger charge is -2.21. The SMILES string of the molecule is [C-]#[N+]c1cccc2c1-c1ccc3c(Cl)nccc3c1[Si]2(C)C. The summed E-state index contributed by atoms with van der Waals surface area (Å²) in [6.07, 6.45) is 1.77. The molecule has 0 fully saturated rings. The van der Waals surface area contributed by atoms with Crippen molar-refractivity contribution in [2.45, 2.75) is 13.1 Å². The van der Waals surface area contributed by atoms with Gasteiger partial charge >= 0.3 is 0 Å². The normalized spacial score (nSPS) is 14.5. The van der Waals surface area contributed by atoms with Gasteiger partial charge in [0.15, 0.2) is 5.69 Å². The molecule has 106 valence electrons. The first kappa shape index (κ1) is 13.5. The lowest BCUT2D eigenvalue weighted by atomic mass is 10.0. The zero-order valence-corrected chi connectivity index (χ0v) is 14.1. The molecule has 4 heteroatoms. The van der Waals surface area contributed by atoms with Gasteiger partial charge in [0.25, 0.3) is 0 Å². The first-order valence-electron chi connectivity index (χ1n) is 7.14. The summed E-state index contributed by atoms with van der Waals surface area (Å²) in [6, 6.07) is 12.3. The number of halogens is 1. The topological polar surface area (TPSA) is 17.2 Å². The smallest absolute Gasteiger partial charge is 0.194 e. The van der Waals surface area contributed by atoms with Crippen molar-refractivity contribution >= 4 is 46.5 Å². The van der Waals surface area contributed by atoms with E-state index < -0.39 is 8.07 Å². The van der Waals surface area contributed by atoms with Gasteiger partial charge in [-0.15, -0.1) is 0 Å². The van der Waals surface area contributed by atoms with Gasteiger partial charge in [0.05, 0.1) is 6.57 Å². The van der Waals surface area contributed by atoms with E-state index in [4.69, 9.17) is 18.2 Å². The molecule has 0 N–H and O–H groups in total. The molecule has 0 amide bonds. The van der Waals surface area contributed by atoms with Crippen LogP contribution in [0.2, 0.25) is 18.2 Å². The lowest BCUT2D eigenvalue weighted by molar-refractivity contribution is 1.36. The highest BCUT2D eigenvalue weighted by Gasteiger charge is 2.39. The van der Waals surface area contributed by atoms with E-state index in [1.807, 2.05) is 18.2 Å². The van der Waals surface area contributed by atoms with Crippen LogP contribution >= 0.6 is 11.6 Å². The number of hydrogen-bond donors (Lipinski definition) is 0. The molecule has 2 heterocycles. The van der Waals surface area contributed by atoms with E-state index in [0.29, 0.717) is 5.15 Å². The molecule has 0 unspecified atom stereocenters. The molecule has 0 bridgehead atoms. The molecule has 22 heavy (non-hydrogen) atoms. The van der Waals surface area contributed by atoms with E-state index in [9.17, 15) is 0 Å². The van der Waals surface area contributed by atoms with Crippen LogP contribution in [0.5, 0.6) is 0 Å². The quantitative estimate of drug-likeness (QED) is 0.344. The Morgan fingerprint density at radius 2 is 1.91 bits per heavy atom. The summed E-state index contributed by atoms with van der Waals surface area (Å²) < 4.78 is 0. The maximum Gasteiger partial charge on any atom is 0.194 e. The summed E-state index contributed by atoms with van der Waals surface area (Å²) in [5.41, 5.74) is 3.07. The van der Waals surface area contributed by atoms with E-state index in [1.54, 1.807) is 6.20 Å². The Bertz CT molecular complexity index is 986. The molecule has 0 atom stereocenters. The molecular weight excluding hydrogens is 308 g/mol. The van der Waals surface area contributed by atoms with Crippen LogP contribution in [-0.2, 0) is 0 Å². The van der Waals surface area contributed by atoms with E-state index in [0.717, 1.165) is 16.6 Å². The molecule has 3 aromatic rings. The lowest BCUT2D eigenvalue weighted by Crippen LogP contribution is -2.49. The molecule has 2 nitrogen and oxygen atoms in total. The van der Waals surface area contributed by atoms with Crippen LogP contribution in [0.25, 0.3) is 26.7 Å². The van der Waals surface area contributed by atoms with Crippen molar-refractivity contribution in [3.63, 3.8) is 0 Å². The van der Waals surface area contributed by atoms with Crippen molar-refractivity contribution in [2.24, 2.45) is 0 Å². The number of nitrogens with zero attached hydrogens (tertiary/aromatic N) is 2. The van der Waals surface area contributed by atoms with Gasteiger partial charge in [-0.1, -0.05) is 60.2 Å². The van der Waals surface area contributed by atoms with Gasteiger partial charge in [0.2, 0.25) is 0 Å². The van der Waals surface area contributed by atoms with Crippen LogP contribution in [0.15, 0.2) is 42.6 Å². The minimum atomic E-state index is -1.85. The molecule has 1 aliphatic rings. The summed E-state index contributed by atoms with van der Waals surface area (Å²) >= 11 is 6.28. The van der Waals surface area contributed by atoms with Gasteiger partial charge in [0.1, 0.15) is 13.2 Å². The van der Waals surface area contributed by atoms with Gasteiger partial charge < -0.3 is 0 Å². The maximum atomic E-state index is 7.49. The fraction of sp³-hybridized carbons (Fsp3) is 0.111. The van der Waals surface area contributed by atoms with Crippen LogP contribution < -0.4 is 10.4 Å². The number of fused-ring (bicyclic) bond motifs is 5. The summed E-state index contributed by atoms with van der Waals surface area (Å²) in [7, 11) is -1.85. The molecule has 0 saturated carbocycles. The van der Waals surface area contributed by atoms with Crippen LogP contribution in [0.1, 0.15) is 0 Å². The highest BCUT2D eigenvalue weighted by Crippen LogP contribution is 2.38. The Kier molecular flexibility index (Phi) is 2.71. The molecule has 1 aromatic heterocycles. The second kappa shape index (κ2) is 4.42. The van der Waals surface area contributed by atoms with Gasteiger partial charge in [0, 0.05) is 11.6 Å². The first-order chi connectivity index (χ1) is 10.6. The first-order valence-corrected chi connectivity index (χ1v) is 10.5. The van der Waals surface area contributed by atoms with Crippen molar-refractivity contribution < 1.29 is 0 Å². The average molecular weight is 321 g/mol. The number of hydrogen-bond acceptors (Lipinski definition) is 1. The predicted molar refractivity (Wildman–Crippen MR) is 95.2 cm³/mol. The number of rotatable bonds is 0. The number of pyridine rings is 1. The zero-order chi connectivity index (χ0) is 15.5. The standard InChI is InChI=1S/C18H13ClN2Si/c1-20-14-5-4-6-15-16(14)13-8-7-12-11(9-10-21-18(12)19)17(13)22(15,2)3/h4-10H,2-3H3. The van der Waals surface area contributed by atoms with E-state index in [-0.39, 0.29) is 0 Å². The van der Waals surface area contributed by atoms with E-state index in [2.05, 4.69) is 41.1 Å². The Hall–Kier alpha value is -2.15. The third-order valence-electron chi connectivity index (χ3n) is 4.63. The second-order valence-electron chi connectivity index (χ2n) is 6.12. The Balaban J connectivity index is 2.22. The minimum absolute atomic E-state index is 0.548. The van der Waals surface area contributed by atoms with Crippen molar-refractivity contribution in [3.8, 4) is 11.1 Å². The molecule has 1 aliphatic heterocycles. The van der Waals surface area contributed by atoms with Gasteiger partial charge in [-0.2, -0.15) is 0 Å². The van der Waals surface area contributed by atoms with Crippen molar-refractivity contribution in [1.29, 1.82) is 0 Å². The van der Waals surface area contributed by atoms with Crippen molar-refractivity contribution in [2.75, 3.05) is 0 Å². The van der Waals surface area contributed by atoms with Crippen molar-refractivity contribution in [3.05, 3.63) is 59.2 Å². The number of aromatic nitrogens is 1. The average Bonchev–Trinajstić information content (AvgIpc) is 2.76. The van der Waals surface area contributed by atoms with Crippen LogP contribution in [0, 0.1) is 6.57 Å². The van der Waals surface area contributed by atoms with Crippen molar-refractivity contribution in [1.82, 2.24) is 4.98 Å². The molecule has 0 spiro atoms. The summed E-state index contributed by atoms with van der Waals surface area (Å²) in [5, 5.41) is 5.45. The molecule has 0 saturated heterocycles. The fourth-order valence-corrected chi connectivity index (χ4v) is 7.34. The predicted octanol–water partition coefficient (Wildman–Crippen LogP) is 4.24. The monoisotopic (exact) mass is 320 g/mol. The van der Waals surface area contributed by atoms with E-state index in [1.165, 1.54) is 21.3 Å². The molecule has 2 aromatic carbocycles. The highest BCUT2D eigenvalue weighted by molar-refractivity contribution is 7.05. The summed E-state index contributed by atoms with van der Waals surface area (Å²) in [6.45, 7) is 12.2. The van der Waals surface area contributed by atoms with E-state index >= 15 is 0 Å². The second-order valence-corrected chi connectivity index (χ2v) is 10.8. The zero-order valence-electron chi connectivity index (χ0n) is 12.3. The summed E-state index contributed by atoms with van der Waals surface area (Å²) in [4.78, 5) is 7.93. The Labute approximate surface area is 135 Å². The molecular formula is C18H13ClN2Si. The van der Waals surface area contributed by atoms with Crippen LogP contribution in [-0.4, -0.2) is 13.1 Å². The van der Waals surface area contributed by atoms with Gasteiger partial charge in [-0.05, 0) is 27.8 Å². The molecule has 0 aliphatic carbocycles.